The highest BCUT2D eigenvalue weighted by Crippen LogP contribution is 2.10. The van der Waals surface area contributed by atoms with E-state index in [-0.39, 0.29) is 0 Å². The Balaban J connectivity index is 2.28. The first-order chi connectivity index (χ1) is 8.76. The van der Waals surface area contributed by atoms with Gasteiger partial charge in [-0.2, -0.15) is 4.98 Å². The smallest absolute Gasteiger partial charge is 0.215 e. The number of nitrogens with one attached hydrogen (secondary N) is 1. The van der Waals surface area contributed by atoms with Crippen molar-refractivity contribution < 1.29 is 9.47 Å². The molecule has 0 aliphatic rings. The van der Waals surface area contributed by atoms with Crippen molar-refractivity contribution in [3.63, 3.8) is 0 Å². The Labute approximate surface area is 109 Å². The fourth-order valence-corrected chi connectivity index (χ4v) is 1.48. The number of methoxy groups -OCH3 is 1. The lowest BCUT2D eigenvalue weighted by Crippen LogP contribution is -2.28. The van der Waals surface area contributed by atoms with E-state index in [1.165, 1.54) is 0 Å². The van der Waals surface area contributed by atoms with E-state index < -0.39 is 0 Å². The number of hydrogen-bond acceptors (Lipinski definition) is 5. The summed E-state index contributed by atoms with van der Waals surface area (Å²) in [6.45, 7) is 6.08. The van der Waals surface area contributed by atoms with Gasteiger partial charge in [0.15, 0.2) is 0 Å². The quantitative estimate of drug-likeness (QED) is 0.722. The summed E-state index contributed by atoms with van der Waals surface area (Å²) in [5.41, 5.74) is 0. The van der Waals surface area contributed by atoms with E-state index in [9.17, 15) is 0 Å². The molecule has 0 saturated heterocycles. The number of aromatic nitrogens is 1. The normalized spacial score (nSPS) is 10.7. The van der Waals surface area contributed by atoms with Gasteiger partial charge in [-0.3, -0.25) is 0 Å². The zero-order valence-corrected chi connectivity index (χ0v) is 11.5. The highest BCUT2D eigenvalue weighted by molar-refractivity contribution is 5.36. The van der Waals surface area contributed by atoms with Gasteiger partial charge in [-0.25, -0.2) is 0 Å². The molecule has 102 valence electrons. The van der Waals surface area contributed by atoms with E-state index in [1.54, 1.807) is 7.11 Å². The molecule has 0 radical (unpaired) electrons. The molecule has 1 aromatic heterocycles. The lowest BCUT2D eigenvalue weighted by molar-refractivity contribution is 0.163. The van der Waals surface area contributed by atoms with Gasteiger partial charge in [0.05, 0.1) is 13.2 Å². The second-order valence-corrected chi connectivity index (χ2v) is 4.02. The Kier molecular flexibility index (Phi) is 7.13. The minimum atomic E-state index is 0.635. The molecular formula is C13H23N3O2. The maximum Gasteiger partial charge on any atom is 0.215 e. The Morgan fingerprint density at radius 3 is 2.89 bits per heavy atom. The van der Waals surface area contributed by atoms with Crippen molar-refractivity contribution >= 4 is 5.82 Å². The maximum absolute atomic E-state index is 5.35. The first-order valence-corrected chi connectivity index (χ1v) is 6.27. The molecule has 1 aromatic rings. The Morgan fingerprint density at radius 1 is 1.33 bits per heavy atom. The van der Waals surface area contributed by atoms with Crippen molar-refractivity contribution in [1.29, 1.82) is 0 Å². The molecule has 0 saturated carbocycles. The number of hydrogen-bond donors (Lipinski definition) is 1. The van der Waals surface area contributed by atoms with Crippen molar-refractivity contribution in [1.82, 2.24) is 9.88 Å². The Bertz CT molecular complexity index is 334. The summed E-state index contributed by atoms with van der Waals surface area (Å²) in [7, 11) is 3.79. The number of ether oxygens (including phenoxy) is 2. The molecule has 1 rings (SSSR count). The zero-order chi connectivity index (χ0) is 13.2. The van der Waals surface area contributed by atoms with E-state index in [4.69, 9.17) is 9.47 Å². The van der Waals surface area contributed by atoms with Crippen LogP contribution < -0.4 is 10.1 Å². The van der Waals surface area contributed by atoms with E-state index in [0.717, 1.165) is 32.1 Å². The molecule has 1 N–H and O–H groups in total. The Morgan fingerprint density at radius 2 is 2.17 bits per heavy atom. The van der Waals surface area contributed by atoms with Gasteiger partial charge in [0, 0.05) is 32.8 Å². The summed E-state index contributed by atoms with van der Waals surface area (Å²) in [4.78, 5) is 6.56. The molecule has 0 spiro atoms. The third-order valence-electron chi connectivity index (χ3n) is 2.49. The van der Waals surface area contributed by atoms with Crippen LogP contribution in [0.3, 0.4) is 0 Å². The summed E-state index contributed by atoms with van der Waals surface area (Å²) in [6.07, 6.45) is 0. The predicted molar refractivity (Wildman–Crippen MR) is 73.3 cm³/mol. The molecule has 1 heterocycles. The standard InChI is InChI=1S/C13H23N3O2/c1-4-18-13-7-5-6-12(15-13)14-8-9-16(2)10-11-17-3/h5-7H,4,8-11H2,1-3H3,(H,14,15). The summed E-state index contributed by atoms with van der Waals surface area (Å²) in [6, 6.07) is 5.74. The molecule has 5 heteroatoms. The van der Waals surface area contributed by atoms with Crippen LogP contribution in [0, 0.1) is 0 Å². The van der Waals surface area contributed by atoms with Gasteiger partial charge in [-0.15, -0.1) is 0 Å². The second kappa shape index (κ2) is 8.72. The van der Waals surface area contributed by atoms with Crippen LogP contribution in [0.15, 0.2) is 18.2 Å². The first kappa shape index (κ1) is 14.7. The third kappa shape index (κ3) is 5.84. The highest BCUT2D eigenvalue weighted by Gasteiger charge is 1.99. The molecule has 0 unspecified atom stereocenters. The van der Waals surface area contributed by atoms with Crippen molar-refractivity contribution in [3.8, 4) is 5.88 Å². The third-order valence-corrected chi connectivity index (χ3v) is 2.49. The van der Waals surface area contributed by atoms with Crippen LogP contribution in [-0.4, -0.2) is 56.9 Å². The molecule has 5 nitrogen and oxygen atoms in total. The fraction of sp³-hybridized carbons (Fsp3) is 0.615. The van der Waals surface area contributed by atoms with Gasteiger partial charge >= 0.3 is 0 Å². The molecule has 0 aromatic carbocycles. The lowest BCUT2D eigenvalue weighted by atomic mass is 10.4. The molecule has 0 bridgehead atoms. The molecule has 0 atom stereocenters. The Hall–Kier alpha value is -1.33. The van der Waals surface area contributed by atoms with Crippen molar-refractivity contribution in [3.05, 3.63) is 18.2 Å². The lowest BCUT2D eigenvalue weighted by Gasteiger charge is -2.16. The highest BCUT2D eigenvalue weighted by atomic mass is 16.5. The molecule has 0 fully saturated rings. The largest absolute Gasteiger partial charge is 0.478 e. The maximum atomic E-state index is 5.35. The average molecular weight is 253 g/mol. The number of pyridine rings is 1. The van der Waals surface area contributed by atoms with Gasteiger partial charge in [-0.05, 0) is 20.0 Å². The molecule has 0 amide bonds. The van der Waals surface area contributed by atoms with Crippen LogP contribution in [0.25, 0.3) is 0 Å². The summed E-state index contributed by atoms with van der Waals surface area (Å²) < 4.78 is 10.4. The van der Waals surface area contributed by atoms with Crippen LogP contribution in [0.2, 0.25) is 0 Å². The van der Waals surface area contributed by atoms with Crippen LogP contribution in [-0.2, 0) is 4.74 Å². The van der Waals surface area contributed by atoms with Gasteiger partial charge in [0.1, 0.15) is 5.82 Å². The average Bonchev–Trinajstić information content (AvgIpc) is 2.37. The summed E-state index contributed by atoms with van der Waals surface area (Å²) in [5, 5.41) is 3.28. The fourth-order valence-electron chi connectivity index (χ4n) is 1.48. The monoisotopic (exact) mass is 253 g/mol. The number of likely N-dealkylation sites (N-methyl/N-ethyl adjacent to an activating group) is 1. The predicted octanol–water partition coefficient (Wildman–Crippen LogP) is 1.47. The molecule has 18 heavy (non-hydrogen) atoms. The number of anilines is 1. The molecule has 0 aliphatic heterocycles. The number of nitrogens with zero attached hydrogens (tertiary/aromatic N) is 2. The molecule has 0 aliphatic carbocycles. The van der Waals surface area contributed by atoms with Crippen molar-refractivity contribution in [2.75, 3.05) is 52.3 Å². The van der Waals surface area contributed by atoms with Crippen LogP contribution in [0.4, 0.5) is 5.82 Å². The SMILES string of the molecule is CCOc1cccc(NCCN(C)CCOC)n1. The van der Waals surface area contributed by atoms with Crippen LogP contribution >= 0.6 is 0 Å². The van der Waals surface area contributed by atoms with Gasteiger partial charge < -0.3 is 19.7 Å². The number of rotatable bonds is 9. The van der Waals surface area contributed by atoms with E-state index in [0.29, 0.717) is 12.5 Å². The summed E-state index contributed by atoms with van der Waals surface area (Å²) >= 11 is 0. The minimum absolute atomic E-state index is 0.635. The second-order valence-electron chi connectivity index (χ2n) is 4.02. The van der Waals surface area contributed by atoms with Crippen molar-refractivity contribution in [2.24, 2.45) is 0 Å². The minimum Gasteiger partial charge on any atom is -0.478 e. The van der Waals surface area contributed by atoms with E-state index in [2.05, 4.69) is 22.2 Å². The van der Waals surface area contributed by atoms with E-state index >= 15 is 0 Å². The van der Waals surface area contributed by atoms with Crippen LogP contribution in [0.1, 0.15) is 6.92 Å². The van der Waals surface area contributed by atoms with Gasteiger partial charge in [0.25, 0.3) is 0 Å². The topological polar surface area (TPSA) is 46.6 Å². The van der Waals surface area contributed by atoms with E-state index in [1.807, 2.05) is 25.1 Å². The van der Waals surface area contributed by atoms with Gasteiger partial charge in [0.2, 0.25) is 5.88 Å². The first-order valence-electron chi connectivity index (χ1n) is 6.27. The van der Waals surface area contributed by atoms with Gasteiger partial charge in [-0.1, -0.05) is 6.07 Å². The zero-order valence-electron chi connectivity index (χ0n) is 11.5. The summed E-state index contributed by atoms with van der Waals surface area (Å²) in [5.74, 6) is 1.51. The van der Waals surface area contributed by atoms with Crippen molar-refractivity contribution in [2.45, 2.75) is 6.92 Å². The van der Waals surface area contributed by atoms with Crippen LogP contribution in [0.5, 0.6) is 5.88 Å². The molecular weight excluding hydrogens is 230 g/mol.